The van der Waals surface area contributed by atoms with Gasteiger partial charge in [-0.05, 0) is 66.9 Å². The van der Waals surface area contributed by atoms with Gasteiger partial charge in [0.15, 0.2) is 0 Å². The van der Waals surface area contributed by atoms with E-state index in [9.17, 15) is 22.0 Å². The standard InChI is InChI=1S/C23H21ClF2N2O4S/c1-15-3-2-4-17(13-15)28-33(30,31)19-9-10-21(24)20(14-19)22(29)27-12-11-16-5-7-18(8-6-16)32-23(25)26/h2-10,13-14,23,28H,11-12H2,1H3,(H,27,29). The highest BCUT2D eigenvalue weighted by Gasteiger charge is 2.19. The highest BCUT2D eigenvalue weighted by atomic mass is 35.5. The third-order valence-corrected chi connectivity index (χ3v) is 6.32. The molecule has 0 atom stereocenters. The average Bonchev–Trinajstić information content (AvgIpc) is 2.74. The minimum absolute atomic E-state index is 0.0180. The van der Waals surface area contributed by atoms with Gasteiger partial charge in [-0.1, -0.05) is 35.9 Å². The minimum Gasteiger partial charge on any atom is -0.435 e. The molecule has 0 saturated carbocycles. The van der Waals surface area contributed by atoms with Crippen molar-refractivity contribution >= 4 is 33.2 Å². The Morgan fingerprint density at radius 2 is 1.79 bits per heavy atom. The van der Waals surface area contributed by atoms with Crippen molar-refractivity contribution in [2.24, 2.45) is 0 Å². The number of amides is 1. The zero-order valence-corrected chi connectivity index (χ0v) is 19.1. The van der Waals surface area contributed by atoms with Gasteiger partial charge in [0.1, 0.15) is 5.75 Å². The lowest BCUT2D eigenvalue weighted by Crippen LogP contribution is -2.26. The molecule has 0 aliphatic heterocycles. The van der Waals surface area contributed by atoms with E-state index in [4.69, 9.17) is 11.6 Å². The Morgan fingerprint density at radius 3 is 2.45 bits per heavy atom. The van der Waals surface area contributed by atoms with Crippen molar-refractivity contribution in [3.05, 3.63) is 88.4 Å². The Hall–Kier alpha value is -3.17. The van der Waals surface area contributed by atoms with E-state index in [2.05, 4.69) is 14.8 Å². The fourth-order valence-corrected chi connectivity index (χ4v) is 4.30. The van der Waals surface area contributed by atoms with Crippen LogP contribution in [0.3, 0.4) is 0 Å². The normalized spacial score (nSPS) is 11.3. The maximum absolute atomic E-state index is 12.7. The lowest BCUT2D eigenvalue weighted by Gasteiger charge is -2.12. The summed E-state index contributed by atoms with van der Waals surface area (Å²) in [5.41, 5.74) is 2.11. The summed E-state index contributed by atoms with van der Waals surface area (Å²) in [4.78, 5) is 12.5. The Kier molecular flexibility index (Phi) is 7.88. The van der Waals surface area contributed by atoms with Crippen LogP contribution in [0.15, 0.2) is 71.6 Å². The minimum atomic E-state index is -3.93. The fraction of sp³-hybridized carbons (Fsp3) is 0.174. The smallest absolute Gasteiger partial charge is 0.387 e. The third kappa shape index (κ3) is 6.90. The molecule has 174 valence electrons. The third-order valence-electron chi connectivity index (χ3n) is 4.61. The first kappa shape index (κ1) is 24.5. The molecule has 0 saturated heterocycles. The molecule has 1 amide bonds. The van der Waals surface area contributed by atoms with Crippen molar-refractivity contribution in [3.63, 3.8) is 0 Å². The summed E-state index contributed by atoms with van der Waals surface area (Å²) in [5, 5.41) is 2.79. The molecule has 10 heteroatoms. The zero-order valence-electron chi connectivity index (χ0n) is 17.5. The molecular formula is C23H21ClF2N2O4S. The number of rotatable bonds is 9. The topological polar surface area (TPSA) is 84.5 Å². The van der Waals surface area contributed by atoms with Crippen molar-refractivity contribution in [1.82, 2.24) is 5.32 Å². The molecule has 33 heavy (non-hydrogen) atoms. The molecule has 0 fully saturated rings. The molecule has 6 nitrogen and oxygen atoms in total. The van der Waals surface area contributed by atoms with E-state index >= 15 is 0 Å². The Labute approximate surface area is 195 Å². The molecule has 0 aliphatic carbocycles. The predicted molar refractivity (Wildman–Crippen MR) is 123 cm³/mol. The van der Waals surface area contributed by atoms with Gasteiger partial charge >= 0.3 is 6.61 Å². The van der Waals surface area contributed by atoms with Crippen LogP contribution in [0.1, 0.15) is 21.5 Å². The van der Waals surface area contributed by atoms with Gasteiger partial charge in [0.2, 0.25) is 0 Å². The first-order valence-electron chi connectivity index (χ1n) is 9.85. The second-order valence-electron chi connectivity index (χ2n) is 7.14. The Morgan fingerprint density at radius 1 is 1.06 bits per heavy atom. The summed E-state index contributed by atoms with van der Waals surface area (Å²) in [7, 11) is -3.93. The molecule has 3 rings (SSSR count). The maximum atomic E-state index is 12.7. The molecule has 0 aliphatic rings. The first-order valence-corrected chi connectivity index (χ1v) is 11.7. The van der Waals surface area contributed by atoms with Crippen molar-refractivity contribution in [1.29, 1.82) is 0 Å². The van der Waals surface area contributed by atoms with E-state index in [-0.39, 0.29) is 27.8 Å². The molecule has 2 N–H and O–H groups in total. The largest absolute Gasteiger partial charge is 0.435 e. The summed E-state index contributed by atoms with van der Waals surface area (Å²) in [6.45, 7) is -0.830. The number of alkyl halides is 2. The summed E-state index contributed by atoms with van der Waals surface area (Å²) in [6.07, 6.45) is 0.422. The zero-order chi connectivity index (χ0) is 24.0. The second kappa shape index (κ2) is 10.6. The average molecular weight is 495 g/mol. The molecular weight excluding hydrogens is 474 g/mol. The second-order valence-corrected chi connectivity index (χ2v) is 9.23. The number of aryl methyl sites for hydroxylation is 1. The van der Waals surface area contributed by atoms with E-state index in [0.29, 0.717) is 12.1 Å². The summed E-state index contributed by atoms with van der Waals surface area (Å²) in [5.74, 6) is -0.493. The number of anilines is 1. The van der Waals surface area contributed by atoms with Gasteiger partial charge in [0, 0.05) is 12.2 Å². The number of hydrogen-bond donors (Lipinski definition) is 2. The molecule has 3 aromatic rings. The number of ether oxygens (including phenoxy) is 1. The van der Waals surface area contributed by atoms with Gasteiger partial charge in [-0.2, -0.15) is 8.78 Å². The number of benzene rings is 3. The monoisotopic (exact) mass is 494 g/mol. The van der Waals surface area contributed by atoms with Gasteiger partial charge in [0.05, 0.1) is 15.5 Å². The molecule has 0 heterocycles. The van der Waals surface area contributed by atoms with Crippen LogP contribution in [-0.2, 0) is 16.4 Å². The van der Waals surface area contributed by atoms with Gasteiger partial charge in [0.25, 0.3) is 15.9 Å². The van der Waals surface area contributed by atoms with Crippen LogP contribution in [0.5, 0.6) is 5.75 Å². The van der Waals surface area contributed by atoms with Gasteiger partial charge in [-0.25, -0.2) is 8.42 Å². The fourth-order valence-electron chi connectivity index (χ4n) is 3.02. The summed E-state index contributed by atoms with van der Waals surface area (Å²) >= 11 is 6.13. The predicted octanol–water partition coefficient (Wildman–Crippen LogP) is 5.02. The molecule has 0 radical (unpaired) electrons. The van der Waals surface area contributed by atoms with Crippen LogP contribution in [-0.4, -0.2) is 27.5 Å². The van der Waals surface area contributed by atoms with Crippen molar-refractivity contribution in [2.75, 3.05) is 11.3 Å². The SMILES string of the molecule is Cc1cccc(NS(=O)(=O)c2ccc(Cl)c(C(=O)NCCc3ccc(OC(F)F)cc3)c2)c1. The molecule has 0 unspecified atom stereocenters. The van der Waals surface area contributed by atoms with Gasteiger partial charge in [-0.3, -0.25) is 9.52 Å². The number of hydrogen-bond acceptors (Lipinski definition) is 4. The molecule has 0 spiro atoms. The number of sulfonamides is 1. The van der Waals surface area contributed by atoms with Crippen LogP contribution < -0.4 is 14.8 Å². The van der Waals surface area contributed by atoms with Crippen LogP contribution >= 0.6 is 11.6 Å². The number of halogens is 3. The molecule has 0 bridgehead atoms. The van der Waals surface area contributed by atoms with E-state index in [1.54, 1.807) is 30.3 Å². The van der Waals surface area contributed by atoms with E-state index in [0.717, 1.165) is 11.1 Å². The van der Waals surface area contributed by atoms with Crippen molar-refractivity contribution in [2.45, 2.75) is 24.9 Å². The van der Waals surface area contributed by atoms with Crippen LogP contribution in [0.2, 0.25) is 5.02 Å². The van der Waals surface area contributed by atoms with E-state index in [1.165, 1.54) is 30.3 Å². The van der Waals surface area contributed by atoms with Crippen LogP contribution in [0, 0.1) is 6.92 Å². The Balaban J connectivity index is 1.65. The van der Waals surface area contributed by atoms with E-state index < -0.39 is 22.5 Å². The lowest BCUT2D eigenvalue weighted by atomic mass is 10.1. The Bertz CT molecular complexity index is 1240. The lowest BCUT2D eigenvalue weighted by molar-refractivity contribution is -0.0498. The number of carbonyl (C=O) groups excluding carboxylic acids is 1. The molecule has 0 aromatic heterocycles. The highest BCUT2D eigenvalue weighted by Crippen LogP contribution is 2.23. The van der Waals surface area contributed by atoms with Gasteiger partial charge < -0.3 is 10.1 Å². The quantitative estimate of drug-likeness (QED) is 0.437. The van der Waals surface area contributed by atoms with Crippen molar-refractivity contribution in [3.8, 4) is 5.75 Å². The first-order chi connectivity index (χ1) is 15.6. The van der Waals surface area contributed by atoms with E-state index in [1.807, 2.05) is 13.0 Å². The molecule has 3 aromatic carbocycles. The maximum Gasteiger partial charge on any atom is 0.387 e. The summed E-state index contributed by atoms with van der Waals surface area (Å²) in [6, 6.07) is 16.8. The number of nitrogens with one attached hydrogen (secondary N) is 2. The summed E-state index contributed by atoms with van der Waals surface area (Å²) < 4.78 is 56.7. The van der Waals surface area contributed by atoms with Gasteiger partial charge in [-0.15, -0.1) is 0 Å². The van der Waals surface area contributed by atoms with Crippen LogP contribution in [0.4, 0.5) is 14.5 Å². The highest BCUT2D eigenvalue weighted by molar-refractivity contribution is 7.92. The number of carbonyl (C=O) groups is 1. The van der Waals surface area contributed by atoms with Crippen LogP contribution in [0.25, 0.3) is 0 Å². The van der Waals surface area contributed by atoms with Crippen molar-refractivity contribution < 1.29 is 26.7 Å².